The number of guanidine groups is 1. The number of nitrogens with zero attached hydrogens (tertiary/aromatic N) is 1. The Balaban J connectivity index is 0.00000288. The van der Waals surface area contributed by atoms with Gasteiger partial charge < -0.3 is 15.4 Å². The molecule has 0 aromatic rings. The summed E-state index contributed by atoms with van der Waals surface area (Å²) in [6, 6.07) is 0. The van der Waals surface area contributed by atoms with Gasteiger partial charge >= 0.3 is 0 Å². The molecular weight excluding hydrogens is 413 g/mol. The van der Waals surface area contributed by atoms with Gasteiger partial charge in [-0.05, 0) is 43.4 Å². The third-order valence-electron chi connectivity index (χ3n) is 4.99. The lowest BCUT2D eigenvalue weighted by molar-refractivity contribution is -0.0835. The third-order valence-corrected chi connectivity index (χ3v) is 4.99. The summed E-state index contributed by atoms with van der Waals surface area (Å²) in [5.41, 5.74) is 0.193. The predicted octanol–water partition coefficient (Wildman–Crippen LogP) is 3.97. The number of hydrogen-bond donors (Lipinski definition) is 2. The molecule has 2 aliphatic rings. The van der Waals surface area contributed by atoms with Gasteiger partial charge in [0.2, 0.25) is 0 Å². The summed E-state index contributed by atoms with van der Waals surface area (Å²) < 4.78 is 6.07. The highest BCUT2D eigenvalue weighted by atomic mass is 127. The first-order valence-corrected chi connectivity index (χ1v) is 9.22. The Morgan fingerprint density at radius 1 is 1.17 bits per heavy atom. The normalized spacial score (nSPS) is 28.2. The van der Waals surface area contributed by atoms with Crippen LogP contribution in [-0.2, 0) is 4.74 Å². The highest BCUT2D eigenvalue weighted by molar-refractivity contribution is 14.0. The molecule has 0 amide bonds. The van der Waals surface area contributed by atoms with E-state index in [1.165, 1.54) is 32.1 Å². The monoisotopic (exact) mass is 449 g/mol. The number of hydrogen-bond acceptors (Lipinski definition) is 2. The minimum Gasteiger partial charge on any atom is -0.377 e. The average Bonchev–Trinajstić information content (AvgIpc) is 2.55. The molecule has 5 heteroatoms. The van der Waals surface area contributed by atoms with Crippen molar-refractivity contribution in [3.05, 3.63) is 12.2 Å². The van der Waals surface area contributed by atoms with Crippen LogP contribution in [0, 0.1) is 17.3 Å². The van der Waals surface area contributed by atoms with Crippen LogP contribution in [0.2, 0.25) is 0 Å². The van der Waals surface area contributed by atoms with Crippen molar-refractivity contribution in [3.8, 4) is 0 Å². The molecule has 0 aromatic carbocycles. The summed E-state index contributed by atoms with van der Waals surface area (Å²) >= 11 is 0. The summed E-state index contributed by atoms with van der Waals surface area (Å²) in [6.45, 7) is 9.68. The molecule has 0 bridgehead atoms. The molecule has 2 rings (SSSR count). The maximum atomic E-state index is 6.07. The topological polar surface area (TPSA) is 45.7 Å². The fraction of sp³-hybridized carbons (Fsp3) is 0.842. The molecule has 3 unspecified atom stereocenters. The number of aliphatic imine (C=N–C) groups is 1. The van der Waals surface area contributed by atoms with E-state index < -0.39 is 0 Å². The minimum atomic E-state index is 0. The summed E-state index contributed by atoms with van der Waals surface area (Å²) in [5, 5.41) is 7.02. The van der Waals surface area contributed by atoms with Crippen molar-refractivity contribution in [3.63, 3.8) is 0 Å². The Morgan fingerprint density at radius 3 is 2.54 bits per heavy atom. The Bertz CT molecular complexity index is 417. The van der Waals surface area contributed by atoms with Gasteiger partial charge in [0.15, 0.2) is 5.96 Å². The number of rotatable bonds is 4. The van der Waals surface area contributed by atoms with E-state index in [2.05, 4.69) is 48.5 Å². The highest BCUT2D eigenvalue weighted by Crippen LogP contribution is 2.33. The lowest BCUT2D eigenvalue weighted by Crippen LogP contribution is -2.48. The van der Waals surface area contributed by atoms with Crippen molar-refractivity contribution in [2.24, 2.45) is 22.2 Å². The van der Waals surface area contributed by atoms with E-state index >= 15 is 0 Å². The van der Waals surface area contributed by atoms with E-state index in [1.54, 1.807) is 0 Å². The zero-order chi connectivity index (χ0) is 16.7. The van der Waals surface area contributed by atoms with Gasteiger partial charge in [-0.25, -0.2) is 0 Å². The first-order chi connectivity index (χ1) is 11.0. The number of nitrogens with one attached hydrogen (secondary N) is 2. The first-order valence-electron chi connectivity index (χ1n) is 9.22. The molecule has 140 valence electrons. The third kappa shape index (κ3) is 6.90. The van der Waals surface area contributed by atoms with Crippen LogP contribution in [0.25, 0.3) is 0 Å². The quantitative estimate of drug-likeness (QED) is 0.296. The molecule has 1 saturated heterocycles. The zero-order valence-electron chi connectivity index (χ0n) is 15.8. The van der Waals surface area contributed by atoms with E-state index in [0.29, 0.717) is 12.0 Å². The lowest BCUT2D eigenvalue weighted by atomic mass is 9.78. The predicted molar refractivity (Wildman–Crippen MR) is 113 cm³/mol. The molecule has 2 N–H and O–H groups in total. The molecule has 24 heavy (non-hydrogen) atoms. The van der Waals surface area contributed by atoms with Gasteiger partial charge in [-0.15, -0.1) is 24.0 Å². The van der Waals surface area contributed by atoms with E-state index in [4.69, 9.17) is 4.74 Å². The molecule has 3 atom stereocenters. The van der Waals surface area contributed by atoms with Crippen molar-refractivity contribution in [1.29, 1.82) is 0 Å². The van der Waals surface area contributed by atoms with Crippen LogP contribution >= 0.6 is 24.0 Å². The Labute approximate surface area is 165 Å². The first kappa shape index (κ1) is 21.7. The van der Waals surface area contributed by atoms with Crippen LogP contribution in [0.5, 0.6) is 0 Å². The van der Waals surface area contributed by atoms with Gasteiger partial charge in [0.05, 0.1) is 6.10 Å². The maximum absolute atomic E-state index is 6.07. The van der Waals surface area contributed by atoms with Crippen LogP contribution in [0.3, 0.4) is 0 Å². The maximum Gasteiger partial charge on any atom is 0.190 e. The van der Waals surface area contributed by atoms with Gasteiger partial charge in [-0.2, -0.15) is 0 Å². The lowest BCUT2D eigenvalue weighted by Gasteiger charge is -2.40. The molecule has 1 aliphatic heterocycles. The Kier molecular flexibility index (Phi) is 9.64. The molecule has 1 fully saturated rings. The largest absolute Gasteiger partial charge is 0.377 e. The summed E-state index contributed by atoms with van der Waals surface area (Å²) in [6.07, 6.45) is 11.0. The molecule has 0 saturated carbocycles. The standard InChI is InChI=1S/C19H35N3O.HI/c1-19(2,3)17-16(11-8-12-23-17)14-22-18(20-4)21-13-15-9-6-5-7-10-15;/h5-6,15-17H,7-14H2,1-4H3,(H2,20,21,22);1H. The van der Waals surface area contributed by atoms with Crippen LogP contribution in [-0.4, -0.2) is 38.8 Å². The molecular formula is C19H36IN3O. The van der Waals surface area contributed by atoms with Crippen LogP contribution in [0.4, 0.5) is 0 Å². The second-order valence-electron chi connectivity index (χ2n) is 8.04. The second-order valence-corrected chi connectivity index (χ2v) is 8.04. The molecule has 0 spiro atoms. The highest BCUT2D eigenvalue weighted by Gasteiger charge is 2.35. The van der Waals surface area contributed by atoms with Gasteiger partial charge in [0, 0.05) is 32.7 Å². The molecule has 4 nitrogen and oxygen atoms in total. The smallest absolute Gasteiger partial charge is 0.190 e. The van der Waals surface area contributed by atoms with E-state index in [0.717, 1.165) is 31.6 Å². The van der Waals surface area contributed by atoms with Crippen molar-refractivity contribution < 1.29 is 4.74 Å². The number of halogens is 1. The molecule has 1 heterocycles. The van der Waals surface area contributed by atoms with Gasteiger partial charge in [0.1, 0.15) is 0 Å². The molecule has 1 aliphatic carbocycles. The van der Waals surface area contributed by atoms with Crippen molar-refractivity contribution in [2.45, 2.75) is 59.0 Å². The SMILES string of the molecule is CN=C(NCC1CC=CCC1)NCC1CCCOC1C(C)(C)C.I. The molecule has 0 radical (unpaired) electrons. The summed E-state index contributed by atoms with van der Waals surface area (Å²) in [7, 11) is 1.86. The van der Waals surface area contributed by atoms with Gasteiger partial charge in [-0.3, -0.25) is 4.99 Å². The van der Waals surface area contributed by atoms with Crippen LogP contribution in [0.1, 0.15) is 52.9 Å². The summed E-state index contributed by atoms with van der Waals surface area (Å²) in [4.78, 5) is 4.38. The van der Waals surface area contributed by atoms with Crippen molar-refractivity contribution >= 4 is 29.9 Å². The van der Waals surface area contributed by atoms with E-state index in [1.807, 2.05) is 7.05 Å². The van der Waals surface area contributed by atoms with Gasteiger partial charge in [0.25, 0.3) is 0 Å². The fourth-order valence-electron chi connectivity index (χ4n) is 3.74. The van der Waals surface area contributed by atoms with E-state index in [9.17, 15) is 0 Å². The van der Waals surface area contributed by atoms with Crippen LogP contribution < -0.4 is 10.6 Å². The zero-order valence-corrected chi connectivity index (χ0v) is 18.1. The second kappa shape index (κ2) is 10.6. The Morgan fingerprint density at radius 2 is 1.92 bits per heavy atom. The fourth-order valence-corrected chi connectivity index (χ4v) is 3.74. The minimum absolute atomic E-state index is 0. The van der Waals surface area contributed by atoms with Crippen molar-refractivity contribution in [2.75, 3.05) is 26.7 Å². The Hall–Kier alpha value is -0.300. The summed E-state index contributed by atoms with van der Waals surface area (Å²) in [5.74, 6) is 2.22. The number of allylic oxidation sites excluding steroid dienone is 2. The van der Waals surface area contributed by atoms with Crippen LogP contribution in [0.15, 0.2) is 17.1 Å². The average molecular weight is 449 g/mol. The number of ether oxygens (including phenoxy) is 1. The molecule has 0 aromatic heterocycles. The van der Waals surface area contributed by atoms with Gasteiger partial charge in [-0.1, -0.05) is 32.9 Å². The van der Waals surface area contributed by atoms with E-state index in [-0.39, 0.29) is 29.4 Å². The van der Waals surface area contributed by atoms with Crippen molar-refractivity contribution in [1.82, 2.24) is 10.6 Å².